The van der Waals surface area contributed by atoms with E-state index in [0.717, 1.165) is 32.7 Å². The van der Waals surface area contributed by atoms with Gasteiger partial charge in [-0.1, -0.05) is 0 Å². The molecular formula is C17H21N3O4. The van der Waals surface area contributed by atoms with E-state index in [9.17, 15) is 9.59 Å². The van der Waals surface area contributed by atoms with E-state index in [1.165, 1.54) is 6.20 Å². The first-order valence-electron chi connectivity index (χ1n) is 7.97. The Hall–Kier alpha value is -2.38. The minimum Gasteiger partial charge on any atom is -0.492 e. The number of benzene rings is 1. The van der Waals surface area contributed by atoms with Crippen LogP contribution in [0.1, 0.15) is 10.4 Å². The summed E-state index contributed by atoms with van der Waals surface area (Å²) >= 11 is 0. The molecule has 2 aromatic rings. The number of piperazine rings is 1. The molecular weight excluding hydrogens is 310 g/mol. The molecule has 1 fully saturated rings. The molecule has 1 aromatic carbocycles. The highest BCUT2D eigenvalue weighted by molar-refractivity contribution is 5.92. The molecule has 0 radical (unpaired) electrons. The molecule has 0 spiro atoms. The SMILES string of the molecule is CN1CCN(CCOc2ccc3c(=O)c(C(=O)O)c[nH]c3c2)CC1. The summed E-state index contributed by atoms with van der Waals surface area (Å²) in [5.41, 5.74) is -0.173. The van der Waals surface area contributed by atoms with Gasteiger partial charge in [0.05, 0.1) is 5.52 Å². The second-order valence-corrected chi connectivity index (χ2v) is 6.04. The summed E-state index contributed by atoms with van der Waals surface area (Å²) in [7, 11) is 2.12. The van der Waals surface area contributed by atoms with Crippen molar-refractivity contribution < 1.29 is 14.6 Å². The van der Waals surface area contributed by atoms with E-state index in [-0.39, 0.29) is 5.56 Å². The van der Waals surface area contributed by atoms with Crippen LogP contribution in [0.4, 0.5) is 0 Å². The molecule has 1 aromatic heterocycles. The molecule has 7 heteroatoms. The van der Waals surface area contributed by atoms with Gasteiger partial charge >= 0.3 is 5.97 Å². The quantitative estimate of drug-likeness (QED) is 0.845. The summed E-state index contributed by atoms with van der Waals surface area (Å²) in [5, 5.41) is 9.33. The second kappa shape index (κ2) is 7.02. The van der Waals surface area contributed by atoms with Crippen molar-refractivity contribution in [1.82, 2.24) is 14.8 Å². The first-order valence-corrected chi connectivity index (χ1v) is 7.97. The van der Waals surface area contributed by atoms with Crippen LogP contribution >= 0.6 is 0 Å². The van der Waals surface area contributed by atoms with Gasteiger partial charge in [0.1, 0.15) is 17.9 Å². The fraction of sp³-hybridized carbons (Fsp3) is 0.412. The lowest BCUT2D eigenvalue weighted by Gasteiger charge is -2.32. The molecule has 0 saturated carbocycles. The molecule has 0 aliphatic carbocycles. The largest absolute Gasteiger partial charge is 0.492 e. The number of carboxylic acids is 1. The molecule has 0 atom stereocenters. The maximum absolute atomic E-state index is 12.1. The predicted octanol–water partition coefficient (Wildman–Crippen LogP) is 0.853. The summed E-state index contributed by atoms with van der Waals surface area (Å²) in [6, 6.07) is 5.03. The summed E-state index contributed by atoms with van der Waals surface area (Å²) < 4.78 is 5.77. The standard InChI is InChI=1S/C17H21N3O4/c1-19-4-6-20(7-5-19)8-9-24-12-2-3-13-15(10-12)18-11-14(16(13)21)17(22)23/h2-3,10-11H,4-9H2,1H3,(H,18,21)(H,22,23). The summed E-state index contributed by atoms with van der Waals surface area (Å²) in [4.78, 5) is 30.6. The number of nitrogens with one attached hydrogen (secondary N) is 1. The number of nitrogens with zero attached hydrogens (tertiary/aromatic N) is 2. The number of rotatable bonds is 5. The Labute approximate surface area is 139 Å². The molecule has 0 bridgehead atoms. The van der Waals surface area contributed by atoms with Crippen LogP contribution in [0.15, 0.2) is 29.2 Å². The van der Waals surface area contributed by atoms with Crippen molar-refractivity contribution in [2.45, 2.75) is 0 Å². The van der Waals surface area contributed by atoms with E-state index in [4.69, 9.17) is 9.84 Å². The maximum Gasteiger partial charge on any atom is 0.341 e. The van der Waals surface area contributed by atoms with Crippen LogP contribution in [0.2, 0.25) is 0 Å². The minimum absolute atomic E-state index is 0.258. The first kappa shape index (κ1) is 16.5. The third-order valence-corrected chi connectivity index (χ3v) is 4.35. The molecule has 24 heavy (non-hydrogen) atoms. The van der Waals surface area contributed by atoms with E-state index in [2.05, 4.69) is 21.8 Å². The molecule has 1 aliphatic rings. The van der Waals surface area contributed by atoms with Crippen LogP contribution in [0.5, 0.6) is 5.75 Å². The lowest BCUT2D eigenvalue weighted by atomic mass is 10.1. The van der Waals surface area contributed by atoms with Gasteiger partial charge in [-0.15, -0.1) is 0 Å². The first-order chi connectivity index (χ1) is 11.5. The number of aromatic carboxylic acids is 1. The van der Waals surface area contributed by atoms with Gasteiger partial charge in [0, 0.05) is 50.4 Å². The Morgan fingerprint density at radius 1 is 1.29 bits per heavy atom. The number of hydrogen-bond donors (Lipinski definition) is 2. The number of H-pyrrole nitrogens is 1. The molecule has 2 N–H and O–H groups in total. The van der Waals surface area contributed by atoms with Crippen molar-refractivity contribution in [2.24, 2.45) is 0 Å². The van der Waals surface area contributed by atoms with Crippen LogP contribution < -0.4 is 10.2 Å². The van der Waals surface area contributed by atoms with Gasteiger partial charge in [0.25, 0.3) is 0 Å². The highest BCUT2D eigenvalue weighted by Crippen LogP contribution is 2.17. The molecule has 1 aliphatic heterocycles. The smallest absolute Gasteiger partial charge is 0.341 e. The van der Waals surface area contributed by atoms with Gasteiger partial charge in [0.15, 0.2) is 0 Å². The number of carbonyl (C=O) groups is 1. The maximum atomic E-state index is 12.1. The molecule has 0 amide bonds. The van der Waals surface area contributed by atoms with E-state index < -0.39 is 11.4 Å². The van der Waals surface area contributed by atoms with E-state index in [1.54, 1.807) is 18.2 Å². The average Bonchev–Trinajstić information content (AvgIpc) is 2.56. The molecule has 7 nitrogen and oxygen atoms in total. The zero-order valence-electron chi connectivity index (χ0n) is 13.6. The second-order valence-electron chi connectivity index (χ2n) is 6.04. The minimum atomic E-state index is -1.23. The molecule has 128 valence electrons. The number of carboxylic acid groups (broad SMARTS) is 1. The third-order valence-electron chi connectivity index (χ3n) is 4.35. The van der Waals surface area contributed by atoms with Crippen molar-refractivity contribution in [2.75, 3.05) is 46.4 Å². The number of hydrogen-bond acceptors (Lipinski definition) is 5. The van der Waals surface area contributed by atoms with Crippen LogP contribution in [0.25, 0.3) is 10.9 Å². The highest BCUT2D eigenvalue weighted by atomic mass is 16.5. The van der Waals surface area contributed by atoms with Crippen molar-refractivity contribution >= 4 is 16.9 Å². The van der Waals surface area contributed by atoms with Crippen LogP contribution in [0.3, 0.4) is 0 Å². The van der Waals surface area contributed by atoms with Crippen molar-refractivity contribution in [1.29, 1.82) is 0 Å². The van der Waals surface area contributed by atoms with Gasteiger partial charge in [0.2, 0.25) is 5.43 Å². The number of aromatic nitrogens is 1. The van der Waals surface area contributed by atoms with E-state index in [1.807, 2.05) is 0 Å². The summed E-state index contributed by atoms with van der Waals surface area (Å²) in [6.45, 7) is 5.67. The lowest BCUT2D eigenvalue weighted by molar-refractivity contribution is 0.0695. The Bertz CT molecular complexity index is 794. The van der Waals surface area contributed by atoms with Crippen molar-refractivity contribution in [3.63, 3.8) is 0 Å². The fourth-order valence-corrected chi connectivity index (χ4v) is 2.81. The van der Waals surface area contributed by atoms with Gasteiger partial charge < -0.3 is 19.7 Å². The van der Waals surface area contributed by atoms with Gasteiger partial charge in [-0.25, -0.2) is 4.79 Å². The number of fused-ring (bicyclic) bond motifs is 1. The number of likely N-dealkylation sites (N-methyl/N-ethyl adjacent to an activating group) is 1. The van der Waals surface area contributed by atoms with Gasteiger partial charge in [-0.05, 0) is 19.2 Å². The number of pyridine rings is 1. The Morgan fingerprint density at radius 3 is 2.75 bits per heavy atom. The summed E-state index contributed by atoms with van der Waals surface area (Å²) in [6.07, 6.45) is 1.22. The zero-order valence-corrected chi connectivity index (χ0v) is 13.6. The Morgan fingerprint density at radius 2 is 2.04 bits per heavy atom. The normalized spacial score (nSPS) is 16.4. The molecule has 3 rings (SSSR count). The van der Waals surface area contributed by atoms with Gasteiger partial charge in [-0.3, -0.25) is 9.69 Å². The van der Waals surface area contributed by atoms with E-state index in [0.29, 0.717) is 23.3 Å². The molecule has 1 saturated heterocycles. The Balaban J connectivity index is 1.65. The third kappa shape index (κ3) is 3.58. The lowest BCUT2D eigenvalue weighted by Crippen LogP contribution is -2.45. The monoisotopic (exact) mass is 331 g/mol. The topological polar surface area (TPSA) is 85.9 Å². The predicted molar refractivity (Wildman–Crippen MR) is 91.0 cm³/mol. The highest BCUT2D eigenvalue weighted by Gasteiger charge is 2.14. The van der Waals surface area contributed by atoms with Gasteiger partial charge in [-0.2, -0.15) is 0 Å². The zero-order chi connectivity index (χ0) is 17.1. The fourth-order valence-electron chi connectivity index (χ4n) is 2.81. The number of ether oxygens (including phenoxy) is 1. The van der Waals surface area contributed by atoms with E-state index >= 15 is 0 Å². The molecule has 0 unspecified atom stereocenters. The number of aromatic amines is 1. The Kier molecular flexibility index (Phi) is 4.82. The van der Waals surface area contributed by atoms with Crippen molar-refractivity contribution in [3.05, 3.63) is 40.2 Å². The van der Waals surface area contributed by atoms with Crippen LogP contribution in [-0.2, 0) is 0 Å². The average molecular weight is 331 g/mol. The van der Waals surface area contributed by atoms with Crippen LogP contribution in [0, 0.1) is 0 Å². The van der Waals surface area contributed by atoms with Crippen molar-refractivity contribution in [3.8, 4) is 5.75 Å². The molecule has 2 heterocycles. The van der Waals surface area contributed by atoms with Crippen LogP contribution in [-0.4, -0.2) is 72.2 Å². The summed E-state index contributed by atoms with van der Waals surface area (Å²) in [5.74, 6) is -0.569.